The number of aromatic hydroxyl groups is 1. The summed E-state index contributed by atoms with van der Waals surface area (Å²) in [7, 11) is 2.18. The Balaban J connectivity index is 2.13. The van der Waals surface area contributed by atoms with E-state index in [9.17, 15) is 5.11 Å². The molecule has 4 heteroatoms. The fraction of sp³-hybridized carbons (Fsp3) is 0.600. The number of phenolic OH excluding ortho intramolecular Hbond substituents is 1. The molecule has 0 amide bonds. The molecule has 0 spiro atoms. The van der Waals surface area contributed by atoms with Gasteiger partial charge in [0.1, 0.15) is 5.75 Å². The van der Waals surface area contributed by atoms with E-state index in [1.54, 1.807) is 12.1 Å². The van der Waals surface area contributed by atoms with Crippen LogP contribution in [0.1, 0.15) is 25.3 Å². The molecule has 0 radical (unpaired) electrons. The van der Waals surface area contributed by atoms with E-state index in [4.69, 9.17) is 11.6 Å². The predicted octanol–water partition coefficient (Wildman–Crippen LogP) is 2.96. The molecule has 2 rings (SSSR count). The first-order chi connectivity index (χ1) is 9.10. The fourth-order valence-corrected chi connectivity index (χ4v) is 2.98. The molecular formula is C15H23ClN2O. The zero-order chi connectivity index (χ0) is 13.8. The van der Waals surface area contributed by atoms with Crippen molar-refractivity contribution in [1.29, 1.82) is 0 Å². The van der Waals surface area contributed by atoms with Crippen LogP contribution in [0.5, 0.6) is 5.75 Å². The van der Waals surface area contributed by atoms with Gasteiger partial charge in [-0.2, -0.15) is 0 Å². The Morgan fingerprint density at radius 1 is 1.37 bits per heavy atom. The highest BCUT2D eigenvalue weighted by molar-refractivity contribution is 6.30. The third-order valence-corrected chi connectivity index (χ3v) is 4.15. The van der Waals surface area contributed by atoms with E-state index < -0.39 is 0 Å². The Kier molecular flexibility index (Phi) is 5.08. The Morgan fingerprint density at radius 3 is 2.89 bits per heavy atom. The summed E-state index contributed by atoms with van der Waals surface area (Å²) in [6.45, 7) is 6.33. The quantitative estimate of drug-likeness (QED) is 0.923. The standard InChI is InChI=1S/C15H23ClN2O/c1-3-14-11-17(2)7-4-8-18(14)10-12-9-13(16)5-6-15(12)19/h5-6,9,14,19H,3-4,7-8,10-11H2,1-2H3. The number of rotatable bonds is 3. The number of phenols is 1. The smallest absolute Gasteiger partial charge is 0.120 e. The Morgan fingerprint density at radius 2 is 2.16 bits per heavy atom. The molecule has 1 aromatic carbocycles. The van der Waals surface area contributed by atoms with Crippen molar-refractivity contribution in [2.24, 2.45) is 0 Å². The minimum absolute atomic E-state index is 0.344. The lowest BCUT2D eigenvalue weighted by Crippen LogP contribution is -2.39. The molecule has 0 saturated carbocycles. The molecule has 1 saturated heterocycles. The Labute approximate surface area is 120 Å². The van der Waals surface area contributed by atoms with E-state index in [0.29, 0.717) is 16.8 Å². The van der Waals surface area contributed by atoms with Crippen molar-refractivity contribution in [2.75, 3.05) is 26.7 Å². The number of hydrogen-bond donors (Lipinski definition) is 1. The molecule has 1 aliphatic heterocycles. The topological polar surface area (TPSA) is 26.7 Å². The summed E-state index contributed by atoms with van der Waals surface area (Å²) < 4.78 is 0. The molecule has 19 heavy (non-hydrogen) atoms. The molecule has 106 valence electrons. The minimum Gasteiger partial charge on any atom is -0.508 e. The Bertz CT molecular complexity index is 425. The van der Waals surface area contributed by atoms with Crippen molar-refractivity contribution in [3.8, 4) is 5.75 Å². The van der Waals surface area contributed by atoms with E-state index in [-0.39, 0.29) is 0 Å². The van der Waals surface area contributed by atoms with Gasteiger partial charge in [0.25, 0.3) is 0 Å². The van der Waals surface area contributed by atoms with Crippen molar-refractivity contribution in [2.45, 2.75) is 32.4 Å². The van der Waals surface area contributed by atoms with Gasteiger partial charge in [0.2, 0.25) is 0 Å². The maximum Gasteiger partial charge on any atom is 0.120 e. The van der Waals surface area contributed by atoms with Gasteiger partial charge >= 0.3 is 0 Å². The summed E-state index contributed by atoms with van der Waals surface area (Å²) >= 11 is 6.02. The van der Waals surface area contributed by atoms with Crippen LogP contribution in [-0.4, -0.2) is 47.6 Å². The van der Waals surface area contributed by atoms with Crippen LogP contribution in [0.4, 0.5) is 0 Å². The third-order valence-electron chi connectivity index (χ3n) is 3.91. The average Bonchev–Trinajstić information content (AvgIpc) is 2.55. The highest BCUT2D eigenvalue weighted by Gasteiger charge is 2.22. The molecule has 0 aromatic heterocycles. The molecule has 1 aliphatic rings. The molecule has 1 unspecified atom stereocenters. The van der Waals surface area contributed by atoms with Gasteiger partial charge in [-0.15, -0.1) is 0 Å². The van der Waals surface area contributed by atoms with Crippen LogP contribution in [0.2, 0.25) is 5.02 Å². The van der Waals surface area contributed by atoms with Crippen molar-refractivity contribution >= 4 is 11.6 Å². The molecule has 0 bridgehead atoms. The van der Waals surface area contributed by atoms with Gasteiger partial charge in [0, 0.05) is 36.3 Å². The number of hydrogen-bond acceptors (Lipinski definition) is 3. The summed E-state index contributed by atoms with van der Waals surface area (Å²) in [6.07, 6.45) is 2.31. The molecule has 3 nitrogen and oxygen atoms in total. The number of benzene rings is 1. The van der Waals surface area contributed by atoms with Crippen LogP contribution >= 0.6 is 11.6 Å². The number of likely N-dealkylation sites (N-methyl/N-ethyl adjacent to an activating group) is 1. The number of nitrogens with zero attached hydrogens (tertiary/aromatic N) is 2. The monoisotopic (exact) mass is 282 g/mol. The predicted molar refractivity (Wildman–Crippen MR) is 79.7 cm³/mol. The lowest BCUT2D eigenvalue weighted by Gasteiger charge is -2.30. The molecule has 1 fully saturated rings. The average molecular weight is 283 g/mol. The van der Waals surface area contributed by atoms with E-state index >= 15 is 0 Å². The summed E-state index contributed by atoms with van der Waals surface area (Å²) in [5.74, 6) is 0.344. The highest BCUT2D eigenvalue weighted by Crippen LogP contribution is 2.25. The van der Waals surface area contributed by atoms with E-state index in [1.807, 2.05) is 6.07 Å². The molecule has 0 aliphatic carbocycles. The SMILES string of the molecule is CCC1CN(C)CCCN1Cc1cc(Cl)ccc1O. The maximum absolute atomic E-state index is 9.95. The summed E-state index contributed by atoms with van der Waals surface area (Å²) in [6, 6.07) is 5.83. The second-order valence-corrected chi connectivity index (χ2v) is 5.86. The van der Waals surface area contributed by atoms with Gasteiger partial charge in [-0.25, -0.2) is 0 Å². The molecule has 1 heterocycles. The number of halogens is 1. The van der Waals surface area contributed by atoms with Gasteiger partial charge < -0.3 is 10.0 Å². The second kappa shape index (κ2) is 6.60. The van der Waals surface area contributed by atoms with Crippen LogP contribution in [-0.2, 0) is 6.54 Å². The van der Waals surface area contributed by atoms with Gasteiger partial charge in [-0.3, -0.25) is 4.90 Å². The van der Waals surface area contributed by atoms with Gasteiger partial charge in [0.15, 0.2) is 0 Å². The van der Waals surface area contributed by atoms with Gasteiger partial charge in [-0.05, 0) is 44.6 Å². The van der Waals surface area contributed by atoms with Crippen molar-refractivity contribution in [3.63, 3.8) is 0 Å². The minimum atomic E-state index is 0.344. The maximum atomic E-state index is 9.95. The third kappa shape index (κ3) is 3.85. The lowest BCUT2D eigenvalue weighted by atomic mass is 10.1. The van der Waals surface area contributed by atoms with E-state index in [2.05, 4.69) is 23.8 Å². The van der Waals surface area contributed by atoms with E-state index in [0.717, 1.165) is 38.2 Å². The zero-order valence-electron chi connectivity index (χ0n) is 11.8. The molecular weight excluding hydrogens is 260 g/mol. The van der Waals surface area contributed by atoms with Crippen LogP contribution in [0.3, 0.4) is 0 Å². The second-order valence-electron chi connectivity index (χ2n) is 5.42. The van der Waals surface area contributed by atoms with Crippen LogP contribution in [0.25, 0.3) is 0 Å². The van der Waals surface area contributed by atoms with Crippen LogP contribution in [0.15, 0.2) is 18.2 Å². The first-order valence-corrected chi connectivity index (χ1v) is 7.38. The summed E-state index contributed by atoms with van der Waals surface area (Å²) in [5.41, 5.74) is 0.926. The van der Waals surface area contributed by atoms with Crippen molar-refractivity contribution in [1.82, 2.24) is 9.80 Å². The lowest BCUT2D eigenvalue weighted by molar-refractivity contribution is 0.174. The first-order valence-electron chi connectivity index (χ1n) is 7.00. The van der Waals surface area contributed by atoms with Crippen LogP contribution < -0.4 is 0 Å². The van der Waals surface area contributed by atoms with Gasteiger partial charge in [-0.1, -0.05) is 18.5 Å². The fourth-order valence-electron chi connectivity index (χ4n) is 2.79. The normalized spacial score (nSPS) is 22.4. The first kappa shape index (κ1) is 14.6. The van der Waals surface area contributed by atoms with Gasteiger partial charge in [0.05, 0.1) is 0 Å². The van der Waals surface area contributed by atoms with Crippen molar-refractivity contribution in [3.05, 3.63) is 28.8 Å². The highest BCUT2D eigenvalue weighted by atomic mass is 35.5. The zero-order valence-corrected chi connectivity index (χ0v) is 12.5. The summed E-state index contributed by atoms with van der Waals surface area (Å²) in [4.78, 5) is 4.86. The largest absolute Gasteiger partial charge is 0.508 e. The Hall–Kier alpha value is -0.770. The van der Waals surface area contributed by atoms with Crippen LogP contribution in [0, 0.1) is 0 Å². The molecule has 1 aromatic rings. The van der Waals surface area contributed by atoms with Crippen molar-refractivity contribution < 1.29 is 5.11 Å². The van der Waals surface area contributed by atoms with E-state index in [1.165, 1.54) is 6.42 Å². The summed E-state index contributed by atoms with van der Waals surface area (Å²) in [5, 5.41) is 10.6. The molecule has 1 N–H and O–H groups in total. The molecule has 1 atom stereocenters.